The molecule has 0 saturated heterocycles. The standard InChI is InChI=1S/C12H14FN3S/c13-7-4-5-10-11(6-7)17-12(16-10)15-9-3-1-2-8(9)14/h4-6,8-9H,1-3,14H2,(H,15,16). The lowest BCUT2D eigenvalue weighted by atomic mass is 10.2. The van der Waals surface area contributed by atoms with Crippen LogP contribution in [0.15, 0.2) is 18.2 Å². The monoisotopic (exact) mass is 251 g/mol. The molecule has 17 heavy (non-hydrogen) atoms. The molecule has 1 heterocycles. The SMILES string of the molecule is NC1CCCC1Nc1nc2ccc(F)cc2s1. The predicted molar refractivity (Wildman–Crippen MR) is 68.8 cm³/mol. The lowest BCUT2D eigenvalue weighted by Crippen LogP contribution is -2.35. The number of halogens is 1. The second-order valence-electron chi connectivity index (χ2n) is 4.48. The first-order chi connectivity index (χ1) is 8.22. The molecule has 3 nitrogen and oxygen atoms in total. The van der Waals surface area contributed by atoms with Crippen LogP contribution in [-0.4, -0.2) is 17.1 Å². The van der Waals surface area contributed by atoms with Gasteiger partial charge in [0.1, 0.15) is 5.82 Å². The fourth-order valence-electron chi connectivity index (χ4n) is 2.29. The number of nitrogens with zero attached hydrogens (tertiary/aromatic N) is 1. The second-order valence-corrected chi connectivity index (χ2v) is 5.51. The first-order valence-electron chi connectivity index (χ1n) is 5.80. The summed E-state index contributed by atoms with van der Waals surface area (Å²) in [6, 6.07) is 5.18. The van der Waals surface area contributed by atoms with E-state index in [0.717, 1.165) is 28.2 Å². The highest BCUT2D eigenvalue weighted by molar-refractivity contribution is 7.22. The topological polar surface area (TPSA) is 50.9 Å². The quantitative estimate of drug-likeness (QED) is 0.863. The Bertz CT molecular complexity index is 540. The molecule has 1 saturated carbocycles. The highest BCUT2D eigenvalue weighted by atomic mass is 32.1. The fraction of sp³-hybridized carbons (Fsp3) is 0.417. The van der Waals surface area contributed by atoms with Crippen LogP contribution in [0.4, 0.5) is 9.52 Å². The number of nitrogens with one attached hydrogen (secondary N) is 1. The van der Waals surface area contributed by atoms with E-state index in [4.69, 9.17) is 5.73 Å². The number of rotatable bonds is 2. The Morgan fingerprint density at radius 2 is 2.29 bits per heavy atom. The van der Waals surface area contributed by atoms with Gasteiger partial charge in [0.2, 0.25) is 0 Å². The number of anilines is 1. The summed E-state index contributed by atoms with van der Waals surface area (Å²) in [5.41, 5.74) is 6.84. The van der Waals surface area contributed by atoms with E-state index < -0.39 is 0 Å². The third-order valence-corrected chi connectivity index (χ3v) is 4.18. The van der Waals surface area contributed by atoms with Gasteiger partial charge in [-0.15, -0.1) is 0 Å². The first kappa shape index (κ1) is 10.9. The second kappa shape index (κ2) is 4.23. The van der Waals surface area contributed by atoms with Crippen molar-refractivity contribution in [1.82, 2.24) is 4.98 Å². The zero-order valence-corrected chi connectivity index (χ0v) is 10.1. The summed E-state index contributed by atoms with van der Waals surface area (Å²) in [5.74, 6) is -0.217. The van der Waals surface area contributed by atoms with Crippen molar-refractivity contribution in [2.75, 3.05) is 5.32 Å². The van der Waals surface area contributed by atoms with Crippen LogP contribution in [0.1, 0.15) is 19.3 Å². The van der Waals surface area contributed by atoms with Crippen LogP contribution in [0.5, 0.6) is 0 Å². The largest absolute Gasteiger partial charge is 0.357 e. The molecular weight excluding hydrogens is 237 g/mol. The number of aromatic nitrogens is 1. The van der Waals surface area contributed by atoms with Gasteiger partial charge in [-0.1, -0.05) is 11.3 Å². The van der Waals surface area contributed by atoms with Crippen LogP contribution in [0.3, 0.4) is 0 Å². The van der Waals surface area contributed by atoms with E-state index in [1.807, 2.05) is 0 Å². The van der Waals surface area contributed by atoms with E-state index in [0.29, 0.717) is 6.04 Å². The number of hydrogen-bond donors (Lipinski definition) is 2. The Morgan fingerprint density at radius 3 is 3.06 bits per heavy atom. The third-order valence-electron chi connectivity index (χ3n) is 3.23. The van der Waals surface area contributed by atoms with E-state index in [9.17, 15) is 4.39 Å². The molecule has 2 unspecified atom stereocenters. The molecule has 0 radical (unpaired) electrons. The molecule has 2 aromatic rings. The van der Waals surface area contributed by atoms with Crippen molar-refractivity contribution in [1.29, 1.82) is 0 Å². The average molecular weight is 251 g/mol. The molecule has 3 rings (SSSR count). The van der Waals surface area contributed by atoms with E-state index in [1.54, 1.807) is 6.07 Å². The minimum atomic E-state index is -0.217. The highest BCUT2D eigenvalue weighted by Gasteiger charge is 2.24. The molecule has 1 aromatic heterocycles. The Morgan fingerprint density at radius 1 is 1.41 bits per heavy atom. The zero-order chi connectivity index (χ0) is 11.8. The van der Waals surface area contributed by atoms with E-state index >= 15 is 0 Å². The van der Waals surface area contributed by atoms with Crippen LogP contribution >= 0.6 is 11.3 Å². The molecule has 1 fully saturated rings. The Hall–Kier alpha value is -1.20. The van der Waals surface area contributed by atoms with Crippen molar-refractivity contribution in [3.8, 4) is 0 Å². The van der Waals surface area contributed by atoms with Crippen LogP contribution in [-0.2, 0) is 0 Å². The zero-order valence-electron chi connectivity index (χ0n) is 9.32. The molecule has 0 bridgehead atoms. The molecule has 0 spiro atoms. The number of fused-ring (bicyclic) bond motifs is 1. The van der Waals surface area contributed by atoms with E-state index in [2.05, 4.69) is 10.3 Å². The maximum absolute atomic E-state index is 13.1. The minimum absolute atomic E-state index is 0.207. The summed E-state index contributed by atoms with van der Waals surface area (Å²) in [6.45, 7) is 0. The molecule has 2 atom stereocenters. The summed E-state index contributed by atoms with van der Waals surface area (Å²) in [6.07, 6.45) is 3.32. The van der Waals surface area contributed by atoms with Crippen molar-refractivity contribution in [2.24, 2.45) is 5.73 Å². The predicted octanol–water partition coefficient (Wildman–Crippen LogP) is 2.73. The maximum Gasteiger partial charge on any atom is 0.184 e. The van der Waals surface area contributed by atoms with Crippen molar-refractivity contribution >= 4 is 26.7 Å². The average Bonchev–Trinajstić information content (AvgIpc) is 2.85. The van der Waals surface area contributed by atoms with Crippen LogP contribution in [0, 0.1) is 5.82 Å². The van der Waals surface area contributed by atoms with Gasteiger partial charge in [0, 0.05) is 12.1 Å². The van der Waals surface area contributed by atoms with Crippen molar-refractivity contribution in [3.05, 3.63) is 24.0 Å². The van der Waals surface area contributed by atoms with Gasteiger partial charge in [-0.3, -0.25) is 0 Å². The maximum atomic E-state index is 13.1. The third kappa shape index (κ3) is 2.12. The van der Waals surface area contributed by atoms with E-state index in [-0.39, 0.29) is 11.9 Å². The minimum Gasteiger partial charge on any atom is -0.357 e. The van der Waals surface area contributed by atoms with Crippen LogP contribution in [0.25, 0.3) is 10.2 Å². The lowest BCUT2D eigenvalue weighted by molar-refractivity contribution is 0.630. The smallest absolute Gasteiger partial charge is 0.184 e. The summed E-state index contributed by atoms with van der Waals surface area (Å²) < 4.78 is 13.9. The Balaban J connectivity index is 1.85. The number of nitrogens with two attached hydrogens (primary N) is 1. The van der Waals surface area contributed by atoms with Gasteiger partial charge in [-0.25, -0.2) is 9.37 Å². The molecule has 0 aliphatic heterocycles. The molecular formula is C12H14FN3S. The van der Waals surface area contributed by atoms with Crippen molar-refractivity contribution < 1.29 is 4.39 Å². The molecule has 5 heteroatoms. The number of thiazole rings is 1. The van der Waals surface area contributed by atoms with Gasteiger partial charge in [0.05, 0.1) is 10.2 Å². The molecule has 1 aromatic carbocycles. The first-order valence-corrected chi connectivity index (χ1v) is 6.62. The Labute approximate surface area is 103 Å². The highest BCUT2D eigenvalue weighted by Crippen LogP contribution is 2.29. The summed E-state index contributed by atoms with van der Waals surface area (Å²) in [5, 5.41) is 4.20. The van der Waals surface area contributed by atoms with Gasteiger partial charge in [0.15, 0.2) is 5.13 Å². The normalized spacial score (nSPS) is 24.4. The van der Waals surface area contributed by atoms with Gasteiger partial charge < -0.3 is 11.1 Å². The molecule has 1 aliphatic rings. The Kier molecular flexibility index (Phi) is 2.72. The van der Waals surface area contributed by atoms with Crippen LogP contribution < -0.4 is 11.1 Å². The number of benzene rings is 1. The van der Waals surface area contributed by atoms with Crippen molar-refractivity contribution in [3.63, 3.8) is 0 Å². The summed E-state index contributed by atoms with van der Waals surface area (Å²) in [7, 11) is 0. The molecule has 0 amide bonds. The summed E-state index contributed by atoms with van der Waals surface area (Å²) in [4.78, 5) is 4.44. The summed E-state index contributed by atoms with van der Waals surface area (Å²) >= 11 is 1.48. The van der Waals surface area contributed by atoms with Gasteiger partial charge in [-0.2, -0.15) is 0 Å². The van der Waals surface area contributed by atoms with Crippen LogP contribution in [0.2, 0.25) is 0 Å². The van der Waals surface area contributed by atoms with Gasteiger partial charge in [-0.05, 0) is 37.5 Å². The van der Waals surface area contributed by atoms with Crippen molar-refractivity contribution in [2.45, 2.75) is 31.3 Å². The molecule has 90 valence electrons. The fourth-order valence-corrected chi connectivity index (χ4v) is 3.24. The molecule has 1 aliphatic carbocycles. The van der Waals surface area contributed by atoms with Gasteiger partial charge >= 0.3 is 0 Å². The number of hydrogen-bond acceptors (Lipinski definition) is 4. The van der Waals surface area contributed by atoms with E-state index in [1.165, 1.54) is 29.9 Å². The van der Waals surface area contributed by atoms with Gasteiger partial charge in [0.25, 0.3) is 0 Å². The lowest BCUT2D eigenvalue weighted by Gasteiger charge is -2.15. The molecule has 3 N–H and O–H groups in total.